The van der Waals surface area contributed by atoms with E-state index in [1.165, 1.54) is 0 Å². The minimum Gasteiger partial charge on any atom is -0.495 e. The standard InChI is InChI=1S/C11H11FN2O/c1-15-8-4-5-10(14-7-8)11-9(12)3-2-6-13-11/h2,4-7,9H,3H2,1H3. The number of pyridine rings is 1. The van der Waals surface area contributed by atoms with Crippen LogP contribution in [0.15, 0.2) is 35.6 Å². The van der Waals surface area contributed by atoms with Crippen LogP contribution >= 0.6 is 0 Å². The quantitative estimate of drug-likeness (QED) is 0.742. The van der Waals surface area contributed by atoms with Crippen molar-refractivity contribution in [2.24, 2.45) is 4.99 Å². The highest BCUT2D eigenvalue weighted by Gasteiger charge is 2.18. The number of allylic oxidation sites excluding steroid dienone is 1. The predicted molar refractivity (Wildman–Crippen MR) is 56.0 cm³/mol. The van der Waals surface area contributed by atoms with Gasteiger partial charge in [-0.25, -0.2) is 4.39 Å². The van der Waals surface area contributed by atoms with Crippen LogP contribution in [0.2, 0.25) is 0 Å². The van der Waals surface area contributed by atoms with Gasteiger partial charge in [0, 0.05) is 12.6 Å². The monoisotopic (exact) mass is 206 g/mol. The molecule has 1 aliphatic heterocycles. The van der Waals surface area contributed by atoms with E-state index in [4.69, 9.17) is 4.74 Å². The van der Waals surface area contributed by atoms with Gasteiger partial charge in [0.05, 0.1) is 19.0 Å². The highest BCUT2D eigenvalue weighted by molar-refractivity contribution is 6.03. The smallest absolute Gasteiger partial charge is 0.148 e. The number of ether oxygens (including phenoxy) is 1. The van der Waals surface area contributed by atoms with E-state index in [0.717, 1.165) is 0 Å². The minimum absolute atomic E-state index is 0.368. The summed E-state index contributed by atoms with van der Waals surface area (Å²) in [6.07, 6.45) is 4.18. The number of nitrogens with zero attached hydrogens (tertiary/aromatic N) is 2. The van der Waals surface area contributed by atoms with Gasteiger partial charge in [-0.05, 0) is 12.1 Å². The summed E-state index contributed by atoms with van der Waals surface area (Å²) in [6.45, 7) is 0. The van der Waals surface area contributed by atoms with Crippen LogP contribution in [-0.4, -0.2) is 24.0 Å². The fourth-order valence-electron chi connectivity index (χ4n) is 1.39. The molecule has 2 heterocycles. The molecular formula is C11H11FN2O. The first kappa shape index (κ1) is 9.83. The number of hydrogen-bond donors (Lipinski definition) is 0. The molecule has 1 atom stereocenters. The van der Waals surface area contributed by atoms with Gasteiger partial charge < -0.3 is 4.74 Å². The minimum atomic E-state index is -1.06. The van der Waals surface area contributed by atoms with Gasteiger partial charge in [0.15, 0.2) is 0 Å². The number of hydrogen-bond acceptors (Lipinski definition) is 3. The van der Waals surface area contributed by atoms with Crippen LogP contribution in [0.25, 0.3) is 0 Å². The van der Waals surface area contributed by atoms with Gasteiger partial charge in [-0.2, -0.15) is 0 Å². The fourth-order valence-corrected chi connectivity index (χ4v) is 1.39. The van der Waals surface area contributed by atoms with Crippen LogP contribution in [0.5, 0.6) is 5.75 Å². The number of alkyl halides is 1. The molecule has 0 amide bonds. The summed E-state index contributed by atoms with van der Waals surface area (Å²) in [6, 6.07) is 3.46. The highest BCUT2D eigenvalue weighted by atomic mass is 19.1. The number of methoxy groups -OCH3 is 1. The van der Waals surface area contributed by atoms with E-state index in [0.29, 0.717) is 23.6 Å². The Bertz CT molecular complexity index is 398. The van der Waals surface area contributed by atoms with Crippen molar-refractivity contribution >= 4 is 5.71 Å². The lowest BCUT2D eigenvalue weighted by atomic mass is 10.1. The number of aromatic nitrogens is 1. The molecule has 0 spiro atoms. The van der Waals surface area contributed by atoms with Crippen molar-refractivity contribution in [2.45, 2.75) is 12.6 Å². The molecule has 15 heavy (non-hydrogen) atoms. The van der Waals surface area contributed by atoms with Gasteiger partial charge in [0.2, 0.25) is 0 Å². The average molecular weight is 206 g/mol. The number of rotatable bonds is 2. The van der Waals surface area contributed by atoms with Gasteiger partial charge in [0.1, 0.15) is 17.6 Å². The summed E-state index contributed by atoms with van der Waals surface area (Å²) in [4.78, 5) is 8.09. The summed E-state index contributed by atoms with van der Waals surface area (Å²) >= 11 is 0. The van der Waals surface area contributed by atoms with E-state index in [9.17, 15) is 4.39 Å². The summed E-state index contributed by atoms with van der Waals surface area (Å²) in [5.74, 6) is 0.654. The molecular weight excluding hydrogens is 195 g/mol. The molecule has 78 valence electrons. The third-order valence-electron chi connectivity index (χ3n) is 2.19. The Labute approximate surface area is 87.3 Å². The van der Waals surface area contributed by atoms with Gasteiger partial charge in [0.25, 0.3) is 0 Å². The Morgan fingerprint density at radius 2 is 2.33 bits per heavy atom. The SMILES string of the molecule is COc1ccc(C2=NC=CCC2F)nc1. The fraction of sp³-hybridized carbons (Fsp3) is 0.273. The Kier molecular flexibility index (Phi) is 2.76. The first-order chi connectivity index (χ1) is 7.31. The maximum Gasteiger partial charge on any atom is 0.148 e. The van der Waals surface area contributed by atoms with Crippen molar-refractivity contribution < 1.29 is 9.13 Å². The summed E-state index contributed by atoms with van der Waals surface area (Å²) in [7, 11) is 1.56. The summed E-state index contributed by atoms with van der Waals surface area (Å²) < 4.78 is 18.4. The van der Waals surface area contributed by atoms with Crippen molar-refractivity contribution in [3.8, 4) is 5.75 Å². The van der Waals surface area contributed by atoms with E-state index in [1.807, 2.05) is 0 Å². The summed E-state index contributed by atoms with van der Waals surface area (Å²) in [5, 5.41) is 0. The van der Waals surface area contributed by atoms with Crippen molar-refractivity contribution in [3.63, 3.8) is 0 Å². The normalized spacial score (nSPS) is 19.9. The van der Waals surface area contributed by atoms with Gasteiger partial charge in [-0.15, -0.1) is 0 Å². The van der Waals surface area contributed by atoms with Gasteiger partial charge in [-0.1, -0.05) is 6.08 Å². The molecule has 0 saturated heterocycles. The molecule has 0 aliphatic carbocycles. The van der Waals surface area contributed by atoms with Crippen LogP contribution in [0.1, 0.15) is 12.1 Å². The molecule has 1 aliphatic rings. The molecule has 4 heteroatoms. The maximum atomic E-state index is 13.5. The topological polar surface area (TPSA) is 34.5 Å². The molecule has 0 fully saturated rings. The molecule has 3 nitrogen and oxygen atoms in total. The zero-order valence-corrected chi connectivity index (χ0v) is 8.35. The second-order valence-corrected chi connectivity index (χ2v) is 3.19. The molecule has 1 unspecified atom stereocenters. The second-order valence-electron chi connectivity index (χ2n) is 3.19. The van der Waals surface area contributed by atoms with Crippen molar-refractivity contribution in [1.82, 2.24) is 4.98 Å². The zero-order valence-electron chi connectivity index (χ0n) is 8.35. The van der Waals surface area contributed by atoms with Gasteiger partial charge in [-0.3, -0.25) is 9.98 Å². The van der Waals surface area contributed by atoms with Crippen LogP contribution in [0, 0.1) is 0 Å². The molecule has 0 bridgehead atoms. The van der Waals surface area contributed by atoms with E-state index >= 15 is 0 Å². The zero-order chi connectivity index (χ0) is 10.7. The average Bonchev–Trinajstić information content (AvgIpc) is 2.30. The van der Waals surface area contributed by atoms with Crippen molar-refractivity contribution in [2.75, 3.05) is 7.11 Å². The lowest BCUT2D eigenvalue weighted by Gasteiger charge is -2.12. The Balaban J connectivity index is 2.29. The van der Waals surface area contributed by atoms with Crippen LogP contribution in [0.4, 0.5) is 4.39 Å². The predicted octanol–water partition coefficient (Wildman–Crippen LogP) is 2.13. The molecule has 0 N–H and O–H groups in total. The lowest BCUT2D eigenvalue weighted by molar-refractivity contribution is 0.412. The molecule has 2 rings (SSSR count). The molecule has 0 radical (unpaired) electrons. The van der Waals surface area contributed by atoms with Crippen molar-refractivity contribution in [1.29, 1.82) is 0 Å². The van der Waals surface area contributed by atoms with Crippen LogP contribution < -0.4 is 4.74 Å². The molecule has 0 aromatic carbocycles. The second kappa shape index (κ2) is 4.21. The Morgan fingerprint density at radius 1 is 1.47 bits per heavy atom. The third kappa shape index (κ3) is 2.03. The number of aliphatic imine (C=N–C) groups is 1. The molecule has 1 aromatic heterocycles. The first-order valence-electron chi connectivity index (χ1n) is 4.68. The molecule has 1 aromatic rings. The first-order valence-corrected chi connectivity index (χ1v) is 4.68. The molecule has 0 saturated carbocycles. The van der Waals surface area contributed by atoms with E-state index in [2.05, 4.69) is 9.98 Å². The largest absolute Gasteiger partial charge is 0.495 e. The van der Waals surface area contributed by atoms with E-state index in [-0.39, 0.29) is 0 Å². The van der Waals surface area contributed by atoms with E-state index < -0.39 is 6.17 Å². The van der Waals surface area contributed by atoms with Gasteiger partial charge >= 0.3 is 0 Å². The Morgan fingerprint density at radius 3 is 2.93 bits per heavy atom. The maximum absolute atomic E-state index is 13.5. The number of halogens is 1. The van der Waals surface area contributed by atoms with Crippen LogP contribution in [0.3, 0.4) is 0 Å². The highest BCUT2D eigenvalue weighted by Crippen LogP contribution is 2.16. The van der Waals surface area contributed by atoms with E-state index in [1.54, 1.807) is 37.7 Å². The van der Waals surface area contributed by atoms with Crippen molar-refractivity contribution in [3.05, 3.63) is 36.3 Å². The Hall–Kier alpha value is -1.71. The lowest BCUT2D eigenvalue weighted by Crippen LogP contribution is -2.19. The van der Waals surface area contributed by atoms with Crippen LogP contribution in [-0.2, 0) is 0 Å². The third-order valence-corrected chi connectivity index (χ3v) is 2.19. The summed E-state index contributed by atoms with van der Waals surface area (Å²) in [5.41, 5.74) is 0.952.